The van der Waals surface area contributed by atoms with E-state index in [9.17, 15) is 13.2 Å². The summed E-state index contributed by atoms with van der Waals surface area (Å²) in [4.78, 5) is 19.3. The minimum absolute atomic E-state index is 0.140. The third kappa shape index (κ3) is 3.72. The highest BCUT2D eigenvalue weighted by Crippen LogP contribution is 2.20. The molecular weight excluding hydrogens is 326 g/mol. The second-order valence-corrected chi connectivity index (χ2v) is 7.59. The molecule has 0 spiro atoms. The van der Waals surface area contributed by atoms with Crippen LogP contribution in [-0.2, 0) is 22.0 Å². The van der Waals surface area contributed by atoms with Gasteiger partial charge in [0.05, 0.1) is 16.0 Å². The van der Waals surface area contributed by atoms with Crippen molar-refractivity contribution >= 4 is 10.0 Å². The molecule has 0 aliphatic rings. The summed E-state index contributed by atoms with van der Waals surface area (Å²) in [7, 11) is -3.76. The van der Waals surface area contributed by atoms with Crippen LogP contribution in [0, 0.1) is 19.3 Å². The fourth-order valence-electron chi connectivity index (χ4n) is 2.26. The number of aromatic nitrogens is 2. The summed E-state index contributed by atoms with van der Waals surface area (Å²) in [6.45, 7) is 4.94. The minimum atomic E-state index is -3.76. The molecule has 0 amide bonds. The molecule has 0 aliphatic carbocycles. The van der Waals surface area contributed by atoms with Gasteiger partial charge in [0.25, 0.3) is 5.56 Å². The molecule has 2 aromatic rings. The number of nitrogens with zero attached hydrogens (tertiary/aromatic N) is 1. The molecule has 7 heteroatoms. The molecular formula is C17H19N3O3S. The zero-order chi connectivity index (χ0) is 18.0. The van der Waals surface area contributed by atoms with Crippen LogP contribution in [0.3, 0.4) is 0 Å². The van der Waals surface area contributed by atoms with Crippen molar-refractivity contribution in [1.29, 1.82) is 0 Å². The number of terminal acetylenes is 1. The minimum Gasteiger partial charge on any atom is -0.309 e. The number of H-pyrrole nitrogens is 1. The number of rotatable bonds is 5. The van der Waals surface area contributed by atoms with E-state index in [1.54, 1.807) is 39.0 Å². The molecule has 126 valence electrons. The van der Waals surface area contributed by atoms with Crippen molar-refractivity contribution in [3.05, 3.63) is 57.8 Å². The van der Waals surface area contributed by atoms with E-state index in [1.807, 2.05) is 0 Å². The third-order valence-electron chi connectivity index (χ3n) is 3.54. The van der Waals surface area contributed by atoms with Gasteiger partial charge in [-0.1, -0.05) is 18.2 Å². The van der Waals surface area contributed by atoms with Crippen molar-refractivity contribution in [2.75, 3.05) is 0 Å². The lowest BCUT2D eigenvalue weighted by Gasteiger charge is -2.25. The molecule has 0 unspecified atom stereocenters. The molecule has 2 rings (SSSR count). The Balaban J connectivity index is 2.41. The standard InChI is InChI=1S/C17H19N3O3S/c1-5-9-14-12(2)18-16(19-15(14)21)17(3,4)20-24(22,23)13-10-7-6-8-11-13/h1,6-8,10-11,20H,9H2,2-4H3,(H,18,19,21). The molecule has 1 aromatic carbocycles. The molecule has 1 aromatic heterocycles. The molecule has 6 nitrogen and oxygen atoms in total. The summed E-state index contributed by atoms with van der Waals surface area (Å²) in [5, 5.41) is 0. The molecule has 0 saturated heterocycles. The first-order valence-electron chi connectivity index (χ1n) is 7.30. The first-order valence-corrected chi connectivity index (χ1v) is 8.78. The van der Waals surface area contributed by atoms with Crippen molar-refractivity contribution in [3.8, 4) is 12.3 Å². The first-order chi connectivity index (χ1) is 11.2. The van der Waals surface area contributed by atoms with E-state index in [0.29, 0.717) is 11.3 Å². The smallest absolute Gasteiger partial charge is 0.255 e. The van der Waals surface area contributed by atoms with Crippen molar-refractivity contribution in [2.24, 2.45) is 0 Å². The van der Waals surface area contributed by atoms with Gasteiger partial charge in [0.1, 0.15) is 5.82 Å². The predicted molar refractivity (Wildman–Crippen MR) is 91.9 cm³/mol. The van der Waals surface area contributed by atoms with Crippen LogP contribution in [0.1, 0.15) is 30.9 Å². The van der Waals surface area contributed by atoms with Crippen molar-refractivity contribution in [1.82, 2.24) is 14.7 Å². The molecule has 24 heavy (non-hydrogen) atoms. The Labute approximate surface area is 141 Å². The lowest BCUT2D eigenvalue weighted by molar-refractivity contribution is 0.443. The van der Waals surface area contributed by atoms with Crippen molar-refractivity contribution in [3.63, 3.8) is 0 Å². The number of nitrogens with one attached hydrogen (secondary N) is 2. The first kappa shape index (κ1) is 17.9. The molecule has 0 atom stereocenters. The van der Waals surface area contributed by atoms with E-state index >= 15 is 0 Å². The predicted octanol–water partition coefficient (Wildman–Crippen LogP) is 1.47. The van der Waals surface area contributed by atoms with Gasteiger partial charge in [-0.05, 0) is 32.9 Å². The topological polar surface area (TPSA) is 91.9 Å². The average molecular weight is 345 g/mol. The largest absolute Gasteiger partial charge is 0.309 e. The maximum absolute atomic E-state index is 12.5. The highest BCUT2D eigenvalue weighted by molar-refractivity contribution is 7.89. The maximum Gasteiger partial charge on any atom is 0.255 e. The highest BCUT2D eigenvalue weighted by atomic mass is 32.2. The number of hydrogen-bond acceptors (Lipinski definition) is 4. The fourth-order valence-corrected chi connectivity index (χ4v) is 3.66. The summed E-state index contributed by atoms with van der Waals surface area (Å²) < 4.78 is 27.6. The van der Waals surface area contributed by atoms with Crippen LogP contribution < -0.4 is 10.3 Å². The SMILES string of the molecule is C#CCc1c(C)nc(C(C)(C)NS(=O)(=O)c2ccccc2)[nH]c1=O. The number of aryl methyl sites for hydroxylation is 1. The van der Waals surface area contributed by atoms with E-state index < -0.39 is 15.6 Å². The molecule has 0 saturated carbocycles. The molecule has 1 heterocycles. The normalized spacial score (nSPS) is 11.9. The summed E-state index contributed by atoms with van der Waals surface area (Å²) in [6, 6.07) is 8.00. The van der Waals surface area contributed by atoms with E-state index in [-0.39, 0.29) is 22.7 Å². The van der Waals surface area contributed by atoms with Gasteiger partial charge in [-0.15, -0.1) is 12.3 Å². The summed E-state index contributed by atoms with van der Waals surface area (Å²) >= 11 is 0. The second kappa shape index (κ2) is 6.59. The Hall–Kier alpha value is -2.43. The summed E-state index contributed by atoms with van der Waals surface area (Å²) in [6.07, 6.45) is 5.42. The Morgan fingerprint density at radius 3 is 2.46 bits per heavy atom. The van der Waals surface area contributed by atoms with Crippen LogP contribution in [0.15, 0.2) is 40.0 Å². The number of benzene rings is 1. The molecule has 0 bridgehead atoms. The van der Waals surface area contributed by atoms with Crippen LogP contribution in [0.4, 0.5) is 0 Å². The second-order valence-electron chi connectivity index (χ2n) is 5.90. The van der Waals surface area contributed by atoms with Gasteiger partial charge in [-0.2, -0.15) is 4.72 Å². The van der Waals surface area contributed by atoms with Crippen molar-refractivity contribution < 1.29 is 8.42 Å². The third-order valence-corrected chi connectivity index (χ3v) is 5.21. The molecule has 0 radical (unpaired) electrons. The number of sulfonamides is 1. The molecule has 0 fully saturated rings. The van der Waals surface area contributed by atoms with E-state index in [1.165, 1.54) is 12.1 Å². The van der Waals surface area contributed by atoms with Gasteiger partial charge in [0.2, 0.25) is 10.0 Å². The molecule has 0 aliphatic heterocycles. The highest BCUT2D eigenvalue weighted by Gasteiger charge is 2.30. The van der Waals surface area contributed by atoms with E-state index in [4.69, 9.17) is 6.42 Å². The monoisotopic (exact) mass is 345 g/mol. The van der Waals surface area contributed by atoms with Crippen LogP contribution >= 0.6 is 0 Å². The van der Waals surface area contributed by atoms with Gasteiger partial charge >= 0.3 is 0 Å². The molecule has 2 N–H and O–H groups in total. The van der Waals surface area contributed by atoms with Gasteiger partial charge in [-0.25, -0.2) is 13.4 Å². The zero-order valence-electron chi connectivity index (χ0n) is 13.8. The van der Waals surface area contributed by atoms with E-state index in [0.717, 1.165) is 0 Å². The number of aromatic amines is 1. The van der Waals surface area contributed by atoms with Crippen LogP contribution in [0.5, 0.6) is 0 Å². The lowest BCUT2D eigenvalue weighted by atomic mass is 10.1. The Bertz CT molecular complexity index is 939. The van der Waals surface area contributed by atoms with Crippen LogP contribution in [0.25, 0.3) is 0 Å². The van der Waals surface area contributed by atoms with Gasteiger partial charge in [-0.3, -0.25) is 4.79 Å². The Morgan fingerprint density at radius 2 is 1.92 bits per heavy atom. The van der Waals surface area contributed by atoms with Crippen LogP contribution in [0.2, 0.25) is 0 Å². The van der Waals surface area contributed by atoms with Crippen molar-refractivity contribution in [2.45, 2.75) is 37.6 Å². The average Bonchev–Trinajstić information content (AvgIpc) is 2.50. The van der Waals surface area contributed by atoms with Gasteiger partial charge < -0.3 is 4.98 Å². The van der Waals surface area contributed by atoms with E-state index in [2.05, 4.69) is 20.6 Å². The number of hydrogen-bond donors (Lipinski definition) is 2. The summed E-state index contributed by atoms with van der Waals surface area (Å²) in [5.74, 6) is 2.64. The summed E-state index contributed by atoms with van der Waals surface area (Å²) in [5.41, 5.74) is -0.572. The maximum atomic E-state index is 12.5. The fraction of sp³-hybridized carbons (Fsp3) is 0.294. The zero-order valence-corrected chi connectivity index (χ0v) is 14.6. The Kier molecular flexibility index (Phi) is 4.92. The van der Waals surface area contributed by atoms with Gasteiger partial charge in [0.15, 0.2) is 0 Å². The lowest BCUT2D eigenvalue weighted by Crippen LogP contribution is -2.43. The quantitative estimate of drug-likeness (QED) is 0.803. The Morgan fingerprint density at radius 1 is 1.29 bits per heavy atom. The van der Waals surface area contributed by atoms with Gasteiger partial charge in [0, 0.05) is 12.1 Å². The van der Waals surface area contributed by atoms with Crippen LogP contribution in [-0.4, -0.2) is 18.4 Å².